The van der Waals surface area contributed by atoms with Gasteiger partial charge < -0.3 is 9.15 Å². The van der Waals surface area contributed by atoms with Crippen LogP contribution < -0.4 is 4.74 Å². The zero-order valence-corrected chi connectivity index (χ0v) is 15.9. The number of amides is 2. The predicted octanol–water partition coefficient (Wildman–Crippen LogP) is 5.19. The van der Waals surface area contributed by atoms with Crippen molar-refractivity contribution in [2.75, 3.05) is 7.11 Å². The molecule has 1 aromatic heterocycles. The number of carbonyl (C=O) groups is 2. The number of furan rings is 1. The largest absolute Gasteiger partial charge is 0.497 e. The molecule has 0 spiro atoms. The lowest BCUT2D eigenvalue weighted by atomic mass is 10.2. The Kier molecular flexibility index (Phi) is 5.04. The molecule has 1 aliphatic heterocycles. The summed E-state index contributed by atoms with van der Waals surface area (Å²) in [4.78, 5) is 26.5. The van der Waals surface area contributed by atoms with Gasteiger partial charge in [0.05, 0.1) is 18.6 Å². The summed E-state index contributed by atoms with van der Waals surface area (Å²) in [6.45, 7) is 0.260. The molecule has 2 amide bonds. The highest BCUT2D eigenvalue weighted by atomic mass is 32.2. The number of thioether (sulfide) groups is 1. The van der Waals surface area contributed by atoms with Gasteiger partial charge in [-0.25, -0.2) is 0 Å². The third-order valence-electron chi connectivity index (χ3n) is 4.31. The number of carbonyl (C=O) groups excluding carboxylic acids is 2. The van der Waals surface area contributed by atoms with Crippen molar-refractivity contribution in [1.29, 1.82) is 0 Å². The van der Waals surface area contributed by atoms with Crippen LogP contribution >= 0.6 is 11.8 Å². The first kappa shape index (κ1) is 18.1. The van der Waals surface area contributed by atoms with Gasteiger partial charge in [-0.15, -0.1) is 0 Å². The molecule has 3 aromatic rings. The molecule has 2 aromatic carbocycles. The lowest BCUT2D eigenvalue weighted by Gasteiger charge is -2.11. The molecular formula is C22H17NO4S. The highest BCUT2D eigenvalue weighted by Crippen LogP contribution is 2.34. The molecule has 1 fully saturated rings. The number of ether oxygens (including phenoxy) is 1. The summed E-state index contributed by atoms with van der Waals surface area (Å²) in [5, 5.41) is -0.278. The Morgan fingerprint density at radius 1 is 1.04 bits per heavy atom. The first-order valence-corrected chi connectivity index (χ1v) is 9.49. The van der Waals surface area contributed by atoms with Gasteiger partial charge in [-0.3, -0.25) is 14.5 Å². The van der Waals surface area contributed by atoms with Crippen molar-refractivity contribution in [3.05, 3.63) is 83.0 Å². The molecule has 2 heterocycles. The van der Waals surface area contributed by atoms with Crippen LogP contribution in [0.5, 0.6) is 5.75 Å². The monoisotopic (exact) mass is 391 g/mol. The Bertz CT molecular complexity index is 1060. The summed E-state index contributed by atoms with van der Waals surface area (Å²) in [6.07, 6.45) is 1.61. The average Bonchev–Trinajstić information content (AvgIpc) is 3.29. The maximum Gasteiger partial charge on any atom is 0.293 e. The number of imide groups is 1. The lowest BCUT2D eigenvalue weighted by molar-refractivity contribution is -0.123. The molecular weight excluding hydrogens is 374 g/mol. The highest BCUT2D eigenvalue weighted by Gasteiger charge is 2.35. The van der Waals surface area contributed by atoms with Crippen molar-refractivity contribution >= 4 is 29.0 Å². The van der Waals surface area contributed by atoms with Gasteiger partial charge in [0.1, 0.15) is 17.3 Å². The second kappa shape index (κ2) is 7.78. The Morgan fingerprint density at radius 2 is 1.86 bits per heavy atom. The zero-order chi connectivity index (χ0) is 19.5. The number of rotatable bonds is 5. The van der Waals surface area contributed by atoms with Gasteiger partial charge in [0.15, 0.2) is 0 Å². The molecule has 0 bridgehead atoms. The predicted molar refractivity (Wildman–Crippen MR) is 109 cm³/mol. The van der Waals surface area contributed by atoms with Crippen molar-refractivity contribution in [3.8, 4) is 17.1 Å². The number of nitrogens with zero attached hydrogens (tertiary/aromatic N) is 1. The van der Waals surface area contributed by atoms with E-state index in [9.17, 15) is 9.59 Å². The average molecular weight is 391 g/mol. The number of benzene rings is 2. The normalized spacial score (nSPS) is 15.5. The maximum absolute atomic E-state index is 12.6. The zero-order valence-electron chi connectivity index (χ0n) is 15.1. The van der Waals surface area contributed by atoms with Crippen LogP contribution in [0.15, 0.2) is 76.1 Å². The highest BCUT2D eigenvalue weighted by molar-refractivity contribution is 8.18. The Hall–Kier alpha value is -3.25. The first-order chi connectivity index (χ1) is 13.6. The fourth-order valence-electron chi connectivity index (χ4n) is 2.89. The minimum absolute atomic E-state index is 0.260. The van der Waals surface area contributed by atoms with E-state index in [1.165, 1.54) is 4.90 Å². The van der Waals surface area contributed by atoms with Gasteiger partial charge in [-0.2, -0.15) is 0 Å². The van der Waals surface area contributed by atoms with Crippen LogP contribution in [-0.4, -0.2) is 23.2 Å². The second-order valence-electron chi connectivity index (χ2n) is 6.19. The molecule has 6 heteroatoms. The molecule has 1 aliphatic rings. The van der Waals surface area contributed by atoms with Crippen molar-refractivity contribution in [2.45, 2.75) is 6.54 Å². The lowest BCUT2D eigenvalue weighted by Crippen LogP contribution is -2.27. The Morgan fingerprint density at radius 3 is 2.64 bits per heavy atom. The SMILES string of the molecule is COc1cccc(-c2ccc(C=C3SC(=O)N(Cc4ccccc4)C3=O)o2)c1. The maximum atomic E-state index is 12.6. The molecule has 1 saturated heterocycles. The Labute approximate surface area is 166 Å². The van der Waals surface area contributed by atoms with Gasteiger partial charge in [-0.05, 0) is 41.6 Å². The third-order valence-corrected chi connectivity index (χ3v) is 5.22. The second-order valence-corrected chi connectivity index (χ2v) is 7.18. The van der Waals surface area contributed by atoms with Gasteiger partial charge in [0.25, 0.3) is 11.1 Å². The van der Waals surface area contributed by atoms with E-state index in [-0.39, 0.29) is 17.7 Å². The molecule has 28 heavy (non-hydrogen) atoms. The fourth-order valence-corrected chi connectivity index (χ4v) is 3.71. The molecule has 140 valence electrons. The molecule has 0 unspecified atom stereocenters. The first-order valence-electron chi connectivity index (χ1n) is 8.67. The quantitative estimate of drug-likeness (QED) is 0.560. The van der Waals surface area contributed by atoms with E-state index in [1.807, 2.05) is 60.7 Å². The number of hydrogen-bond acceptors (Lipinski definition) is 5. The van der Waals surface area contributed by atoms with Crippen molar-refractivity contribution in [3.63, 3.8) is 0 Å². The standard InChI is InChI=1S/C22H17NO4S/c1-26-17-9-5-8-16(12-17)19-11-10-18(27-19)13-20-21(24)23(22(25)28-20)14-15-6-3-2-4-7-15/h2-13H,14H2,1H3. The van der Waals surface area contributed by atoms with Crippen molar-refractivity contribution in [2.24, 2.45) is 0 Å². The molecule has 0 atom stereocenters. The van der Waals surface area contributed by atoms with E-state index < -0.39 is 0 Å². The summed E-state index contributed by atoms with van der Waals surface area (Å²) < 4.78 is 11.1. The van der Waals surface area contributed by atoms with Gasteiger partial charge in [-0.1, -0.05) is 42.5 Å². The summed E-state index contributed by atoms with van der Waals surface area (Å²) >= 11 is 0.926. The minimum Gasteiger partial charge on any atom is -0.497 e. The van der Waals surface area contributed by atoms with Crippen molar-refractivity contribution < 1.29 is 18.7 Å². The minimum atomic E-state index is -0.307. The van der Waals surface area contributed by atoms with Crippen LogP contribution in [0.25, 0.3) is 17.4 Å². The molecule has 0 saturated carbocycles. The van der Waals surface area contributed by atoms with Crippen LogP contribution in [0.1, 0.15) is 11.3 Å². The number of methoxy groups -OCH3 is 1. The fraction of sp³-hybridized carbons (Fsp3) is 0.0909. The van der Waals surface area contributed by atoms with Crippen LogP contribution in [0, 0.1) is 0 Å². The van der Waals surface area contributed by atoms with Gasteiger partial charge in [0.2, 0.25) is 0 Å². The molecule has 5 nitrogen and oxygen atoms in total. The van der Waals surface area contributed by atoms with Gasteiger partial charge in [0, 0.05) is 11.6 Å². The smallest absolute Gasteiger partial charge is 0.293 e. The number of hydrogen-bond donors (Lipinski definition) is 0. The van der Waals surface area contributed by atoms with Crippen LogP contribution in [0.3, 0.4) is 0 Å². The summed E-state index contributed by atoms with van der Waals surface area (Å²) in [5.74, 6) is 1.60. The van der Waals surface area contributed by atoms with Gasteiger partial charge >= 0.3 is 0 Å². The van der Waals surface area contributed by atoms with E-state index in [0.29, 0.717) is 16.4 Å². The van der Waals surface area contributed by atoms with Crippen LogP contribution in [0.4, 0.5) is 4.79 Å². The summed E-state index contributed by atoms with van der Waals surface area (Å²) in [6, 6.07) is 20.6. The summed E-state index contributed by atoms with van der Waals surface area (Å²) in [7, 11) is 1.61. The van der Waals surface area contributed by atoms with E-state index in [0.717, 1.165) is 28.6 Å². The van der Waals surface area contributed by atoms with E-state index in [2.05, 4.69) is 0 Å². The van der Waals surface area contributed by atoms with Crippen LogP contribution in [0.2, 0.25) is 0 Å². The Balaban J connectivity index is 1.54. The third kappa shape index (κ3) is 3.73. The van der Waals surface area contributed by atoms with Crippen molar-refractivity contribution in [1.82, 2.24) is 4.90 Å². The van der Waals surface area contributed by atoms with E-state index in [4.69, 9.17) is 9.15 Å². The topological polar surface area (TPSA) is 59.8 Å². The van der Waals surface area contributed by atoms with E-state index >= 15 is 0 Å². The molecule has 0 radical (unpaired) electrons. The molecule has 0 N–H and O–H groups in total. The van der Waals surface area contributed by atoms with Crippen LogP contribution in [-0.2, 0) is 11.3 Å². The molecule has 4 rings (SSSR count). The summed E-state index contributed by atoms with van der Waals surface area (Å²) in [5.41, 5.74) is 1.78. The molecule has 0 aliphatic carbocycles. The van der Waals surface area contributed by atoms with E-state index in [1.54, 1.807) is 19.3 Å².